The van der Waals surface area contributed by atoms with Crippen LogP contribution in [0.5, 0.6) is 0 Å². The standard InChI is InChI=1S/C16H20N2O3/c17-13-5-1-4-12(13)15(19)18-8-2-3-10-9-11(16(20)21)6-7-14(10)18/h6-7,9,12-13H,1-5,8,17H2,(H,20,21). The van der Waals surface area contributed by atoms with Crippen LogP contribution in [-0.4, -0.2) is 29.6 Å². The second kappa shape index (κ2) is 5.48. The number of carbonyl (C=O) groups is 2. The SMILES string of the molecule is NC1CCCC1C(=O)N1CCCc2cc(C(=O)O)ccc21. The maximum Gasteiger partial charge on any atom is 0.335 e. The summed E-state index contributed by atoms with van der Waals surface area (Å²) in [6.45, 7) is 0.696. The van der Waals surface area contributed by atoms with Gasteiger partial charge in [-0.05, 0) is 49.4 Å². The lowest BCUT2D eigenvalue weighted by molar-refractivity contribution is -0.122. The van der Waals surface area contributed by atoms with Crippen molar-refractivity contribution in [2.45, 2.75) is 38.1 Å². The van der Waals surface area contributed by atoms with Gasteiger partial charge in [0.2, 0.25) is 5.91 Å². The van der Waals surface area contributed by atoms with Gasteiger partial charge in [0.25, 0.3) is 0 Å². The lowest BCUT2D eigenvalue weighted by Crippen LogP contribution is -2.44. The molecule has 1 aliphatic heterocycles. The van der Waals surface area contributed by atoms with Crippen molar-refractivity contribution in [3.63, 3.8) is 0 Å². The molecule has 1 amide bonds. The van der Waals surface area contributed by atoms with Crippen molar-refractivity contribution in [3.8, 4) is 0 Å². The average Bonchev–Trinajstić information content (AvgIpc) is 2.91. The van der Waals surface area contributed by atoms with Gasteiger partial charge in [-0.1, -0.05) is 6.42 Å². The molecule has 2 unspecified atom stereocenters. The number of carbonyl (C=O) groups excluding carboxylic acids is 1. The molecular formula is C16H20N2O3. The fourth-order valence-electron chi connectivity index (χ4n) is 3.45. The Morgan fingerprint density at radius 1 is 1.24 bits per heavy atom. The summed E-state index contributed by atoms with van der Waals surface area (Å²) in [7, 11) is 0. The maximum absolute atomic E-state index is 12.7. The van der Waals surface area contributed by atoms with Crippen LogP contribution in [0.1, 0.15) is 41.6 Å². The molecule has 1 heterocycles. The highest BCUT2D eigenvalue weighted by Crippen LogP contribution is 2.33. The van der Waals surface area contributed by atoms with Crippen LogP contribution in [0.25, 0.3) is 0 Å². The molecule has 112 valence electrons. The Hall–Kier alpha value is -1.88. The lowest BCUT2D eigenvalue weighted by Gasteiger charge is -2.32. The molecule has 1 fully saturated rings. The second-order valence-corrected chi connectivity index (χ2v) is 5.94. The number of carboxylic acids is 1. The first-order chi connectivity index (χ1) is 10.1. The van der Waals surface area contributed by atoms with Crippen molar-refractivity contribution in [1.29, 1.82) is 0 Å². The van der Waals surface area contributed by atoms with Crippen molar-refractivity contribution < 1.29 is 14.7 Å². The van der Waals surface area contributed by atoms with Crippen LogP contribution in [-0.2, 0) is 11.2 Å². The Bertz CT molecular complexity index is 585. The number of hydrogen-bond acceptors (Lipinski definition) is 3. The zero-order valence-corrected chi connectivity index (χ0v) is 11.9. The van der Waals surface area contributed by atoms with E-state index in [0.29, 0.717) is 6.54 Å². The summed E-state index contributed by atoms with van der Waals surface area (Å²) in [5, 5.41) is 9.07. The third kappa shape index (κ3) is 2.53. The number of nitrogens with zero attached hydrogens (tertiary/aromatic N) is 1. The number of nitrogens with two attached hydrogens (primary N) is 1. The molecule has 1 aliphatic carbocycles. The summed E-state index contributed by atoms with van der Waals surface area (Å²) in [5.41, 5.74) is 8.13. The topological polar surface area (TPSA) is 83.6 Å². The van der Waals surface area contributed by atoms with Crippen LogP contribution in [0.4, 0.5) is 5.69 Å². The van der Waals surface area contributed by atoms with Gasteiger partial charge < -0.3 is 15.7 Å². The van der Waals surface area contributed by atoms with E-state index in [1.165, 1.54) is 0 Å². The van der Waals surface area contributed by atoms with Gasteiger partial charge in [0.1, 0.15) is 0 Å². The fourth-order valence-corrected chi connectivity index (χ4v) is 3.45. The van der Waals surface area contributed by atoms with Gasteiger partial charge in [-0.15, -0.1) is 0 Å². The molecular weight excluding hydrogens is 268 g/mol. The van der Waals surface area contributed by atoms with E-state index >= 15 is 0 Å². The Morgan fingerprint density at radius 3 is 2.71 bits per heavy atom. The number of anilines is 1. The third-order valence-electron chi connectivity index (χ3n) is 4.60. The molecule has 1 aromatic rings. The highest BCUT2D eigenvalue weighted by Gasteiger charge is 2.35. The first kappa shape index (κ1) is 14.1. The zero-order valence-electron chi connectivity index (χ0n) is 11.9. The van der Waals surface area contributed by atoms with Gasteiger partial charge in [0.15, 0.2) is 0 Å². The maximum atomic E-state index is 12.7. The second-order valence-electron chi connectivity index (χ2n) is 5.94. The monoisotopic (exact) mass is 288 g/mol. The number of benzene rings is 1. The van der Waals surface area contributed by atoms with E-state index in [2.05, 4.69) is 0 Å². The van der Waals surface area contributed by atoms with Gasteiger partial charge in [0, 0.05) is 18.3 Å². The number of aryl methyl sites for hydroxylation is 1. The molecule has 21 heavy (non-hydrogen) atoms. The minimum absolute atomic E-state index is 0.0406. The number of amides is 1. The van der Waals surface area contributed by atoms with Gasteiger partial charge in [-0.2, -0.15) is 0 Å². The van der Waals surface area contributed by atoms with Crippen LogP contribution in [0.3, 0.4) is 0 Å². The normalized spacial score (nSPS) is 24.7. The predicted molar refractivity (Wildman–Crippen MR) is 79.4 cm³/mol. The molecule has 2 aliphatic rings. The minimum atomic E-state index is -0.931. The summed E-state index contributed by atoms with van der Waals surface area (Å²) in [6.07, 6.45) is 4.46. The molecule has 1 saturated carbocycles. The fraction of sp³-hybridized carbons (Fsp3) is 0.500. The quantitative estimate of drug-likeness (QED) is 0.869. The van der Waals surface area contributed by atoms with E-state index in [1.54, 1.807) is 23.1 Å². The number of carboxylic acid groups (broad SMARTS) is 1. The van der Waals surface area contributed by atoms with Gasteiger partial charge >= 0.3 is 5.97 Å². The Labute approximate surface area is 123 Å². The average molecular weight is 288 g/mol. The van der Waals surface area contributed by atoms with Crippen molar-refractivity contribution in [2.75, 3.05) is 11.4 Å². The van der Waals surface area contributed by atoms with Gasteiger partial charge in [-0.3, -0.25) is 4.79 Å². The van der Waals surface area contributed by atoms with E-state index in [9.17, 15) is 9.59 Å². The smallest absolute Gasteiger partial charge is 0.335 e. The molecule has 5 heteroatoms. The largest absolute Gasteiger partial charge is 0.478 e. The Morgan fingerprint density at radius 2 is 2.05 bits per heavy atom. The Kier molecular flexibility index (Phi) is 3.68. The van der Waals surface area contributed by atoms with E-state index < -0.39 is 5.97 Å². The molecule has 0 radical (unpaired) electrons. The number of fused-ring (bicyclic) bond motifs is 1. The van der Waals surface area contributed by atoms with Gasteiger partial charge in [0.05, 0.1) is 11.5 Å². The van der Waals surface area contributed by atoms with Crippen LogP contribution < -0.4 is 10.6 Å². The van der Waals surface area contributed by atoms with Crippen molar-refractivity contribution in [1.82, 2.24) is 0 Å². The van der Waals surface area contributed by atoms with Crippen LogP contribution in [0, 0.1) is 5.92 Å². The molecule has 0 aromatic heterocycles. The highest BCUT2D eigenvalue weighted by molar-refractivity contribution is 5.97. The molecule has 5 nitrogen and oxygen atoms in total. The zero-order chi connectivity index (χ0) is 15.0. The van der Waals surface area contributed by atoms with E-state index in [1.807, 2.05) is 0 Å². The Balaban J connectivity index is 1.90. The number of hydrogen-bond donors (Lipinski definition) is 2. The first-order valence-electron chi connectivity index (χ1n) is 7.51. The van der Waals surface area contributed by atoms with Crippen molar-refractivity contribution in [2.24, 2.45) is 11.7 Å². The molecule has 3 rings (SSSR count). The molecule has 3 N–H and O–H groups in total. The summed E-state index contributed by atoms with van der Waals surface area (Å²) in [5.74, 6) is -0.918. The van der Waals surface area contributed by atoms with E-state index in [-0.39, 0.29) is 23.4 Å². The van der Waals surface area contributed by atoms with E-state index in [4.69, 9.17) is 10.8 Å². The molecule has 1 aromatic carbocycles. The van der Waals surface area contributed by atoms with Crippen LogP contribution >= 0.6 is 0 Å². The number of rotatable bonds is 2. The summed E-state index contributed by atoms with van der Waals surface area (Å²) >= 11 is 0. The highest BCUT2D eigenvalue weighted by atomic mass is 16.4. The first-order valence-corrected chi connectivity index (χ1v) is 7.51. The van der Waals surface area contributed by atoms with Crippen LogP contribution in [0.15, 0.2) is 18.2 Å². The summed E-state index contributed by atoms with van der Waals surface area (Å²) in [4.78, 5) is 25.6. The number of aromatic carboxylic acids is 1. The summed E-state index contributed by atoms with van der Waals surface area (Å²) in [6, 6.07) is 4.98. The van der Waals surface area contributed by atoms with Gasteiger partial charge in [-0.25, -0.2) is 4.79 Å². The minimum Gasteiger partial charge on any atom is -0.478 e. The molecule has 2 atom stereocenters. The van der Waals surface area contributed by atoms with Crippen LogP contribution in [0.2, 0.25) is 0 Å². The lowest BCUT2D eigenvalue weighted by atomic mass is 9.96. The predicted octanol–water partition coefficient (Wildman–Crippen LogP) is 1.79. The molecule has 0 bridgehead atoms. The molecule has 0 saturated heterocycles. The third-order valence-corrected chi connectivity index (χ3v) is 4.60. The molecule has 0 spiro atoms. The van der Waals surface area contributed by atoms with Crippen molar-refractivity contribution in [3.05, 3.63) is 29.3 Å². The summed E-state index contributed by atoms with van der Waals surface area (Å²) < 4.78 is 0. The van der Waals surface area contributed by atoms with Crippen molar-refractivity contribution >= 4 is 17.6 Å². The van der Waals surface area contributed by atoms with E-state index in [0.717, 1.165) is 43.4 Å².